The van der Waals surface area contributed by atoms with E-state index in [4.69, 9.17) is 23.2 Å². The summed E-state index contributed by atoms with van der Waals surface area (Å²) < 4.78 is 0. The Hall–Kier alpha value is -2.02. The number of rotatable bonds is 3. The number of aryl methyl sites for hydroxylation is 1. The van der Waals surface area contributed by atoms with Crippen molar-refractivity contribution in [2.24, 2.45) is 4.99 Å². The second-order valence-corrected chi connectivity index (χ2v) is 8.10. The molecule has 1 heterocycles. The second kappa shape index (κ2) is 8.33. The first-order valence-electron chi connectivity index (χ1n) is 8.18. The van der Waals surface area contributed by atoms with Crippen LogP contribution in [0.15, 0.2) is 47.5 Å². The van der Waals surface area contributed by atoms with E-state index in [9.17, 15) is 9.59 Å². The van der Waals surface area contributed by atoms with Crippen molar-refractivity contribution in [2.75, 3.05) is 12.4 Å². The number of halogens is 2. The van der Waals surface area contributed by atoms with Gasteiger partial charge in [0.2, 0.25) is 11.8 Å². The van der Waals surface area contributed by atoms with E-state index in [-0.39, 0.29) is 18.2 Å². The van der Waals surface area contributed by atoms with Gasteiger partial charge in [-0.25, -0.2) is 4.99 Å². The average molecular weight is 422 g/mol. The van der Waals surface area contributed by atoms with Gasteiger partial charge in [-0.3, -0.25) is 14.5 Å². The van der Waals surface area contributed by atoms with Crippen LogP contribution in [0, 0.1) is 6.92 Å². The van der Waals surface area contributed by atoms with Crippen molar-refractivity contribution < 1.29 is 9.59 Å². The molecule has 1 saturated heterocycles. The number of amidine groups is 1. The van der Waals surface area contributed by atoms with Crippen molar-refractivity contribution in [1.29, 1.82) is 0 Å². The summed E-state index contributed by atoms with van der Waals surface area (Å²) >= 11 is 13.3. The number of thioether (sulfide) groups is 1. The second-order valence-electron chi connectivity index (χ2n) is 6.09. The molecule has 1 unspecified atom stereocenters. The predicted molar refractivity (Wildman–Crippen MR) is 112 cm³/mol. The zero-order valence-corrected chi connectivity index (χ0v) is 17.0. The molecule has 1 atom stereocenters. The van der Waals surface area contributed by atoms with E-state index in [1.165, 1.54) is 16.7 Å². The Morgan fingerprint density at radius 3 is 2.59 bits per heavy atom. The quantitative estimate of drug-likeness (QED) is 0.766. The Bertz CT molecular complexity index is 916. The highest BCUT2D eigenvalue weighted by Gasteiger charge is 2.34. The van der Waals surface area contributed by atoms with Crippen LogP contribution >= 0.6 is 35.0 Å². The molecular formula is C19H17Cl2N3O2S. The van der Waals surface area contributed by atoms with Gasteiger partial charge in [0.15, 0.2) is 5.17 Å². The first-order valence-corrected chi connectivity index (χ1v) is 9.81. The number of hydrogen-bond acceptors (Lipinski definition) is 4. The molecule has 1 fully saturated rings. The maximum atomic E-state index is 12.6. The molecule has 1 N–H and O–H groups in total. The summed E-state index contributed by atoms with van der Waals surface area (Å²) in [5, 5.41) is 3.89. The van der Waals surface area contributed by atoms with Crippen LogP contribution in [0.1, 0.15) is 12.0 Å². The van der Waals surface area contributed by atoms with E-state index in [0.29, 0.717) is 26.6 Å². The molecule has 140 valence electrons. The summed E-state index contributed by atoms with van der Waals surface area (Å²) in [5.41, 5.74) is 2.20. The van der Waals surface area contributed by atoms with Gasteiger partial charge in [0.25, 0.3) is 0 Å². The number of hydrogen-bond donors (Lipinski definition) is 1. The fourth-order valence-corrected chi connectivity index (χ4v) is 3.78. The molecule has 8 heteroatoms. The summed E-state index contributed by atoms with van der Waals surface area (Å²) in [5.74, 6) is -0.416. The van der Waals surface area contributed by atoms with Crippen molar-refractivity contribution in [2.45, 2.75) is 18.6 Å². The molecule has 2 amide bonds. The summed E-state index contributed by atoms with van der Waals surface area (Å²) in [6, 6.07) is 12.2. The van der Waals surface area contributed by atoms with E-state index in [0.717, 1.165) is 5.56 Å². The minimum Gasteiger partial charge on any atom is -0.325 e. The Labute approximate surface area is 171 Å². The molecule has 2 aromatic rings. The monoisotopic (exact) mass is 421 g/mol. The highest BCUT2D eigenvalue weighted by Crippen LogP contribution is 2.30. The van der Waals surface area contributed by atoms with Crippen molar-refractivity contribution >= 4 is 63.3 Å². The normalized spacial score (nSPS) is 18.7. The maximum Gasteiger partial charge on any atom is 0.238 e. The van der Waals surface area contributed by atoms with Crippen molar-refractivity contribution in [1.82, 2.24) is 4.90 Å². The lowest BCUT2D eigenvalue weighted by Gasteiger charge is -2.28. The third-order valence-corrected chi connectivity index (χ3v) is 5.95. The largest absolute Gasteiger partial charge is 0.325 e. The predicted octanol–water partition coefficient (Wildman–Crippen LogP) is 4.89. The van der Waals surface area contributed by atoms with Crippen molar-refractivity contribution in [3.05, 3.63) is 58.1 Å². The zero-order valence-electron chi connectivity index (χ0n) is 14.7. The number of carbonyl (C=O) groups is 2. The molecule has 0 aromatic heterocycles. The van der Waals surface area contributed by atoms with Crippen LogP contribution in [0.4, 0.5) is 11.4 Å². The van der Waals surface area contributed by atoms with Crippen LogP contribution in [-0.2, 0) is 9.59 Å². The number of nitrogens with zero attached hydrogens (tertiary/aromatic N) is 2. The van der Waals surface area contributed by atoms with E-state index < -0.39 is 5.25 Å². The Balaban J connectivity index is 1.78. The van der Waals surface area contributed by atoms with E-state index in [1.54, 1.807) is 37.4 Å². The molecular weight excluding hydrogens is 405 g/mol. The first-order chi connectivity index (χ1) is 12.8. The molecule has 0 radical (unpaired) electrons. The number of amides is 2. The smallest absolute Gasteiger partial charge is 0.238 e. The molecule has 0 aliphatic carbocycles. The van der Waals surface area contributed by atoms with Crippen LogP contribution in [-0.4, -0.2) is 34.2 Å². The Morgan fingerprint density at radius 1 is 1.22 bits per heavy atom. The minimum absolute atomic E-state index is 0.105. The number of benzene rings is 2. The summed E-state index contributed by atoms with van der Waals surface area (Å²) in [6.45, 7) is 1.90. The van der Waals surface area contributed by atoms with E-state index in [2.05, 4.69) is 10.3 Å². The highest BCUT2D eigenvalue weighted by atomic mass is 35.5. The molecule has 0 spiro atoms. The van der Waals surface area contributed by atoms with E-state index in [1.807, 2.05) is 19.1 Å². The van der Waals surface area contributed by atoms with Gasteiger partial charge < -0.3 is 5.32 Å². The number of carbonyl (C=O) groups excluding carboxylic acids is 2. The van der Waals surface area contributed by atoms with Crippen LogP contribution in [0.3, 0.4) is 0 Å². The summed E-state index contributed by atoms with van der Waals surface area (Å²) in [7, 11) is 1.65. The van der Waals surface area contributed by atoms with Crippen LogP contribution in [0.5, 0.6) is 0 Å². The van der Waals surface area contributed by atoms with Crippen molar-refractivity contribution in [3.8, 4) is 0 Å². The lowest BCUT2D eigenvalue weighted by molar-refractivity contribution is -0.128. The molecule has 0 saturated carbocycles. The number of aliphatic imine (C=N–C) groups is 1. The molecule has 1 aliphatic heterocycles. The zero-order chi connectivity index (χ0) is 19.6. The van der Waals surface area contributed by atoms with Crippen LogP contribution < -0.4 is 5.32 Å². The van der Waals surface area contributed by atoms with Crippen LogP contribution in [0.25, 0.3) is 0 Å². The standard InChI is InChI=1S/C19H17Cl2N3O2S/c1-11-3-6-14(9-15(11)21)23-19-24(2)17(25)10-16(27-19)18(26)22-13-7-4-12(20)5-8-13/h3-9,16H,10H2,1-2H3,(H,22,26). The first kappa shape index (κ1) is 19.7. The van der Waals surface area contributed by atoms with Gasteiger partial charge in [0.05, 0.1) is 5.69 Å². The lowest BCUT2D eigenvalue weighted by Crippen LogP contribution is -2.43. The number of nitrogens with one attached hydrogen (secondary N) is 1. The highest BCUT2D eigenvalue weighted by molar-refractivity contribution is 8.15. The van der Waals surface area contributed by atoms with Crippen LogP contribution in [0.2, 0.25) is 10.0 Å². The molecule has 27 heavy (non-hydrogen) atoms. The Kier molecular flexibility index (Phi) is 6.09. The molecule has 0 bridgehead atoms. The van der Waals surface area contributed by atoms with Crippen molar-refractivity contribution in [3.63, 3.8) is 0 Å². The summed E-state index contributed by atoms with van der Waals surface area (Å²) in [6.07, 6.45) is 0.105. The molecule has 5 nitrogen and oxygen atoms in total. The van der Waals surface area contributed by atoms with Gasteiger partial charge in [-0.1, -0.05) is 41.0 Å². The third kappa shape index (κ3) is 4.83. The SMILES string of the molecule is Cc1ccc(N=C2SC(C(=O)Nc3ccc(Cl)cc3)CC(=O)N2C)cc1Cl. The minimum atomic E-state index is -0.566. The van der Waals surface area contributed by atoms with Gasteiger partial charge in [-0.2, -0.15) is 0 Å². The molecule has 1 aliphatic rings. The number of anilines is 1. The fourth-order valence-electron chi connectivity index (χ4n) is 2.42. The lowest BCUT2D eigenvalue weighted by atomic mass is 10.2. The summed E-state index contributed by atoms with van der Waals surface area (Å²) in [4.78, 5) is 30.9. The van der Waals surface area contributed by atoms with Gasteiger partial charge in [0, 0.05) is 29.2 Å². The van der Waals surface area contributed by atoms with Gasteiger partial charge in [0.1, 0.15) is 5.25 Å². The fraction of sp³-hybridized carbons (Fsp3) is 0.211. The van der Waals surface area contributed by atoms with Gasteiger partial charge in [-0.05, 0) is 48.9 Å². The topological polar surface area (TPSA) is 61.8 Å². The van der Waals surface area contributed by atoms with Gasteiger partial charge >= 0.3 is 0 Å². The molecule has 3 rings (SSSR count). The Morgan fingerprint density at radius 2 is 1.93 bits per heavy atom. The molecule has 2 aromatic carbocycles. The van der Waals surface area contributed by atoms with E-state index >= 15 is 0 Å². The van der Waals surface area contributed by atoms with Gasteiger partial charge in [-0.15, -0.1) is 0 Å². The maximum absolute atomic E-state index is 12.6. The third-order valence-electron chi connectivity index (χ3n) is 4.05. The average Bonchev–Trinajstić information content (AvgIpc) is 2.63.